The minimum atomic E-state index is -4.33. The average molecular weight is 395 g/mol. The third-order valence-electron chi connectivity index (χ3n) is 4.49. The molecule has 1 aromatic heterocycles. The van der Waals surface area contributed by atoms with Crippen LogP contribution in [0.2, 0.25) is 0 Å². The number of nitrogens with zero attached hydrogens (tertiary/aromatic N) is 4. The number of aromatic nitrogens is 2. The van der Waals surface area contributed by atoms with Crippen LogP contribution in [0.4, 0.5) is 13.2 Å². The summed E-state index contributed by atoms with van der Waals surface area (Å²) in [5.41, 5.74) is 1.07. The number of halogens is 3. The molecule has 0 saturated carbocycles. The van der Waals surface area contributed by atoms with Crippen LogP contribution in [0.3, 0.4) is 0 Å². The molecular weight excluding hydrogens is 371 g/mol. The first-order valence-electron chi connectivity index (χ1n) is 9.16. The van der Waals surface area contributed by atoms with Gasteiger partial charge in [0.1, 0.15) is 6.10 Å². The van der Waals surface area contributed by atoms with Crippen LogP contribution in [0, 0.1) is 0 Å². The largest absolute Gasteiger partial charge is 0.416 e. The maximum absolute atomic E-state index is 12.7. The Bertz CT molecular complexity index is 801. The summed E-state index contributed by atoms with van der Waals surface area (Å²) in [5.74, 6) is 0.722. The van der Waals surface area contributed by atoms with E-state index in [2.05, 4.69) is 20.3 Å². The van der Waals surface area contributed by atoms with Crippen molar-refractivity contribution < 1.29 is 17.9 Å². The van der Waals surface area contributed by atoms with E-state index in [-0.39, 0.29) is 6.10 Å². The van der Waals surface area contributed by atoms with Crippen LogP contribution in [-0.2, 0) is 24.5 Å². The normalized spacial score (nSPS) is 18.4. The van der Waals surface area contributed by atoms with Crippen molar-refractivity contribution in [2.75, 3.05) is 26.2 Å². The third kappa shape index (κ3) is 5.03. The Balaban J connectivity index is 1.69. The lowest BCUT2D eigenvalue weighted by atomic mass is 10.1. The molecule has 1 N–H and O–H groups in total. The van der Waals surface area contributed by atoms with Crippen molar-refractivity contribution in [2.24, 2.45) is 12.0 Å². The molecule has 3 rings (SSSR count). The zero-order chi connectivity index (χ0) is 20.1. The fraction of sp³-hybridized carbons (Fsp3) is 0.474. The molecule has 0 amide bonds. The summed E-state index contributed by atoms with van der Waals surface area (Å²) >= 11 is 0. The highest BCUT2D eigenvalue weighted by Crippen LogP contribution is 2.29. The SMILES string of the molecule is CCNC(=NCc1ccc(C(F)(F)F)cc1)N1CCOC(c2cnn(C)c2)C1. The van der Waals surface area contributed by atoms with E-state index in [1.54, 1.807) is 10.9 Å². The number of hydrogen-bond acceptors (Lipinski definition) is 3. The minimum Gasteiger partial charge on any atom is -0.370 e. The lowest BCUT2D eigenvalue weighted by Gasteiger charge is -2.34. The van der Waals surface area contributed by atoms with Crippen molar-refractivity contribution in [1.82, 2.24) is 20.0 Å². The minimum absolute atomic E-state index is 0.0997. The van der Waals surface area contributed by atoms with Gasteiger partial charge in [0.05, 0.1) is 31.5 Å². The van der Waals surface area contributed by atoms with Gasteiger partial charge in [-0.15, -0.1) is 0 Å². The van der Waals surface area contributed by atoms with Gasteiger partial charge in [0.2, 0.25) is 0 Å². The summed E-state index contributed by atoms with van der Waals surface area (Å²) in [4.78, 5) is 6.71. The number of nitrogens with one attached hydrogen (secondary N) is 1. The van der Waals surface area contributed by atoms with Gasteiger partial charge in [-0.2, -0.15) is 18.3 Å². The number of guanidine groups is 1. The first-order valence-corrected chi connectivity index (χ1v) is 9.16. The summed E-state index contributed by atoms with van der Waals surface area (Å²) in [5, 5.41) is 7.45. The van der Waals surface area contributed by atoms with Crippen molar-refractivity contribution in [1.29, 1.82) is 0 Å². The number of hydrogen-bond donors (Lipinski definition) is 1. The molecular formula is C19H24F3N5O. The monoisotopic (exact) mass is 395 g/mol. The second-order valence-electron chi connectivity index (χ2n) is 6.62. The number of aliphatic imine (C=N–C) groups is 1. The van der Waals surface area contributed by atoms with Crippen molar-refractivity contribution in [2.45, 2.75) is 25.7 Å². The van der Waals surface area contributed by atoms with Gasteiger partial charge in [-0.3, -0.25) is 4.68 Å². The highest BCUT2D eigenvalue weighted by molar-refractivity contribution is 5.80. The van der Waals surface area contributed by atoms with E-state index in [1.165, 1.54) is 12.1 Å². The van der Waals surface area contributed by atoms with Crippen LogP contribution >= 0.6 is 0 Å². The quantitative estimate of drug-likeness (QED) is 0.639. The molecule has 1 saturated heterocycles. The van der Waals surface area contributed by atoms with Gasteiger partial charge in [-0.1, -0.05) is 12.1 Å². The maximum atomic E-state index is 12.7. The first-order chi connectivity index (χ1) is 13.4. The first kappa shape index (κ1) is 20.2. The lowest BCUT2D eigenvalue weighted by molar-refractivity contribution is -0.137. The van der Waals surface area contributed by atoms with E-state index in [0.29, 0.717) is 32.8 Å². The zero-order valence-electron chi connectivity index (χ0n) is 15.9. The summed E-state index contributed by atoms with van der Waals surface area (Å²) in [7, 11) is 1.86. The third-order valence-corrected chi connectivity index (χ3v) is 4.49. The average Bonchev–Trinajstić information content (AvgIpc) is 3.11. The van der Waals surface area contributed by atoms with Crippen LogP contribution in [0.15, 0.2) is 41.7 Å². The molecule has 1 aliphatic rings. The summed E-state index contributed by atoms with van der Waals surface area (Å²) < 4.78 is 45.7. The lowest BCUT2D eigenvalue weighted by Crippen LogP contribution is -2.48. The number of aryl methyl sites for hydroxylation is 1. The highest BCUT2D eigenvalue weighted by atomic mass is 19.4. The van der Waals surface area contributed by atoms with E-state index >= 15 is 0 Å². The predicted molar refractivity (Wildman–Crippen MR) is 99.7 cm³/mol. The van der Waals surface area contributed by atoms with Crippen LogP contribution in [0.25, 0.3) is 0 Å². The maximum Gasteiger partial charge on any atom is 0.416 e. The molecule has 0 aliphatic carbocycles. The topological polar surface area (TPSA) is 54.7 Å². The summed E-state index contributed by atoms with van der Waals surface area (Å²) in [6.07, 6.45) is -0.704. The molecule has 0 radical (unpaired) electrons. The Hall–Kier alpha value is -2.55. The Morgan fingerprint density at radius 3 is 2.68 bits per heavy atom. The second-order valence-corrected chi connectivity index (χ2v) is 6.62. The molecule has 9 heteroatoms. The fourth-order valence-corrected chi connectivity index (χ4v) is 3.04. The van der Waals surface area contributed by atoms with Crippen molar-refractivity contribution >= 4 is 5.96 Å². The van der Waals surface area contributed by atoms with Crippen LogP contribution in [0.1, 0.15) is 29.7 Å². The van der Waals surface area contributed by atoms with Crippen molar-refractivity contribution in [3.05, 3.63) is 53.3 Å². The second kappa shape index (κ2) is 8.64. The van der Waals surface area contributed by atoms with Gasteiger partial charge >= 0.3 is 6.18 Å². The number of benzene rings is 1. The zero-order valence-corrected chi connectivity index (χ0v) is 15.9. The molecule has 0 spiro atoms. The number of rotatable bonds is 4. The van der Waals surface area contributed by atoms with Crippen LogP contribution in [0.5, 0.6) is 0 Å². The van der Waals surface area contributed by atoms with Gasteiger partial charge in [0.15, 0.2) is 5.96 Å². The standard InChI is InChI=1S/C19H24F3N5O/c1-3-23-18(24-10-14-4-6-16(7-5-14)19(20,21)22)27-8-9-28-17(13-27)15-11-25-26(2)12-15/h4-7,11-12,17H,3,8-10,13H2,1-2H3,(H,23,24). The molecule has 1 aromatic carbocycles. The van der Waals surface area contributed by atoms with Crippen molar-refractivity contribution in [3.63, 3.8) is 0 Å². The number of ether oxygens (including phenoxy) is 1. The highest BCUT2D eigenvalue weighted by Gasteiger charge is 2.30. The Morgan fingerprint density at radius 2 is 2.07 bits per heavy atom. The molecule has 28 heavy (non-hydrogen) atoms. The van der Waals surface area contributed by atoms with Crippen LogP contribution < -0.4 is 5.32 Å². The van der Waals surface area contributed by atoms with Gasteiger partial charge in [0.25, 0.3) is 0 Å². The smallest absolute Gasteiger partial charge is 0.370 e. The molecule has 0 bridgehead atoms. The number of alkyl halides is 3. The van der Waals surface area contributed by atoms with E-state index < -0.39 is 11.7 Å². The van der Waals surface area contributed by atoms with Crippen LogP contribution in [-0.4, -0.2) is 46.9 Å². The van der Waals surface area contributed by atoms with E-state index in [9.17, 15) is 13.2 Å². The van der Waals surface area contributed by atoms with Crippen molar-refractivity contribution in [3.8, 4) is 0 Å². The molecule has 6 nitrogen and oxygen atoms in total. The van der Waals surface area contributed by atoms with E-state index in [1.807, 2.05) is 20.2 Å². The van der Waals surface area contributed by atoms with Gasteiger partial charge < -0.3 is 15.0 Å². The van der Waals surface area contributed by atoms with E-state index in [4.69, 9.17) is 4.74 Å². The summed E-state index contributed by atoms with van der Waals surface area (Å²) in [6, 6.07) is 5.11. The van der Waals surface area contributed by atoms with Gasteiger partial charge in [-0.25, -0.2) is 4.99 Å². The Labute approximate surface area is 162 Å². The Kier molecular flexibility index (Phi) is 6.23. The molecule has 2 heterocycles. The molecule has 1 fully saturated rings. The fourth-order valence-electron chi connectivity index (χ4n) is 3.04. The number of morpholine rings is 1. The Morgan fingerprint density at radius 1 is 1.32 bits per heavy atom. The van der Waals surface area contributed by atoms with E-state index in [0.717, 1.165) is 29.2 Å². The molecule has 1 unspecified atom stereocenters. The molecule has 1 atom stereocenters. The van der Waals surface area contributed by atoms with Gasteiger partial charge in [0, 0.05) is 31.9 Å². The summed E-state index contributed by atoms with van der Waals surface area (Å²) in [6.45, 7) is 4.85. The predicted octanol–water partition coefficient (Wildman–Crippen LogP) is 2.98. The molecule has 2 aromatic rings. The van der Waals surface area contributed by atoms with Gasteiger partial charge in [-0.05, 0) is 24.6 Å². The molecule has 152 valence electrons. The molecule has 1 aliphatic heterocycles.